The lowest BCUT2D eigenvalue weighted by molar-refractivity contribution is -0.130. The molecule has 0 spiro atoms. The summed E-state index contributed by atoms with van der Waals surface area (Å²) in [7, 11) is 1.53. The summed E-state index contributed by atoms with van der Waals surface area (Å²) in [6, 6.07) is 8.97. The summed E-state index contributed by atoms with van der Waals surface area (Å²) in [4.78, 5) is 27.9. The third-order valence-corrected chi connectivity index (χ3v) is 4.30. The van der Waals surface area contributed by atoms with Gasteiger partial charge in [0.15, 0.2) is 0 Å². The second-order valence-electron chi connectivity index (χ2n) is 5.92. The van der Waals surface area contributed by atoms with Gasteiger partial charge in [0.2, 0.25) is 5.91 Å². The predicted octanol–water partition coefficient (Wildman–Crippen LogP) is 3.53. The second-order valence-corrected chi connectivity index (χ2v) is 6.80. The summed E-state index contributed by atoms with van der Waals surface area (Å²) < 4.78 is 0. The zero-order valence-corrected chi connectivity index (χ0v) is 15.5. The van der Waals surface area contributed by atoms with E-state index in [1.165, 1.54) is 12.1 Å². The molecule has 0 saturated heterocycles. The first-order chi connectivity index (χ1) is 12.4. The van der Waals surface area contributed by atoms with Gasteiger partial charge in [-0.1, -0.05) is 29.3 Å². The van der Waals surface area contributed by atoms with E-state index in [1.807, 2.05) is 18.2 Å². The molecular formula is C18H16Cl2N4O2. The Bertz CT molecular complexity index is 861. The highest BCUT2D eigenvalue weighted by atomic mass is 35.5. The standard InChI is InChI=1S/C18H16Cl2N4O2/c1-24-17(25)5-3-15(23-24)18(26)22-16-4-2-11(10-21-16)6-12-7-13(19)9-14(20)8-12/h2,4,7-10H,3,5-6H2,1H3,(H,21,22,26). The van der Waals surface area contributed by atoms with Gasteiger partial charge in [0, 0.05) is 36.1 Å². The molecule has 134 valence electrons. The van der Waals surface area contributed by atoms with E-state index in [1.54, 1.807) is 18.3 Å². The molecule has 0 fully saturated rings. The Kier molecular flexibility index (Phi) is 5.54. The van der Waals surface area contributed by atoms with Gasteiger partial charge in [0.05, 0.1) is 0 Å². The van der Waals surface area contributed by atoms with Gasteiger partial charge in [0.1, 0.15) is 11.5 Å². The van der Waals surface area contributed by atoms with Crippen molar-refractivity contribution in [2.75, 3.05) is 12.4 Å². The number of anilines is 1. The molecule has 2 aromatic rings. The van der Waals surface area contributed by atoms with Crippen LogP contribution in [0.15, 0.2) is 41.6 Å². The first-order valence-corrected chi connectivity index (χ1v) is 8.71. The zero-order valence-electron chi connectivity index (χ0n) is 14.0. The van der Waals surface area contributed by atoms with E-state index in [0.29, 0.717) is 34.4 Å². The molecule has 0 aliphatic carbocycles. The van der Waals surface area contributed by atoms with Crippen LogP contribution < -0.4 is 5.32 Å². The van der Waals surface area contributed by atoms with Gasteiger partial charge >= 0.3 is 0 Å². The van der Waals surface area contributed by atoms with Crippen molar-refractivity contribution >= 4 is 46.5 Å². The van der Waals surface area contributed by atoms with Crippen molar-refractivity contribution in [1.82, 2.24) is 9.99 Å². The third-order valence-electron chi connectivity index (χ3n) is 3.87. The largest absolute Gasteiger partial charge is 0.305 e. The Morgan fingerprint density at radius 1 is 1.15 bits per heavy atom. The Morgan fingerprint density at radius 3 is 2.50 bits per heavy atom. The minimum atomic E-state index is -0.355. The number of pyridine rings is 1. The smallest absolute Gasteiger partial charge is 0.273 e. The maximum Gasteiger partial charge on any atom is 0.273 e. The fraction of sp³-hybridized carbons (Fsp3) is 0.222. The minimum absolute atomic E-state index is 0.106. The number of amides is 2. The molecule has 1 aliphatic heterocycles. The number of carbonyl (C=O) groups excluding carboxylic acids is 2. The van der Waals surface area contributed by atoms with Crippen LogP contribution in [-0.4, -0.2) is 34.6 Å². The van der Waals surface area contributed by atoms with Crippen LogP contribution in [-0.2, 0) is 16.0 Å². The van der Waals surface area contributed by atoms with Gasteiger partial charge < -0.3 is 5.32 Å². The van der Waals surface area contributed by atoms with Crippen LogP contribution in [0.5, 0.6) is 0 Å². The first-order valence-electron chi connectivity index (χ1n) is 7.96. The van der Waals surface area contributed by atoms with Crippen LogP contribution in [0.25, 0.3) is 0 Å². The van der Waals surface area contributed by atoms with Crippen LogP contribution in [0.1, 0.15) is 24.0 Å². The van der Waals surface area contributed by atoms with Gasteiger partial charge in [-0.2, -0.15) is 5.10 Å². The van der Waals surface area contributed by atoms with E-state index in [0.717, 1.165) is 11.1 Å². The number of carbonyl (C=O) groups is 2. The summed E-state index contributed by atoms with van der Waals surface area (Å²) in [6.07, 6.45) is 2.91. The molecule has 1 aromatic heterocycles. The maximum atomic E-state index is 12.2. The van der Waals surface area contributed by atoms with Crippen molar-refractivity contribution in [2.24, 2.45) is 5.10 Å². The minimum Gasteiger partial charge on any atom is -0.305 e. The fourth-order valence-electron chi connectivity index (χ4n) is 2.57. The van der Waals surface area contributed by atoms with Crippen molar-refractivity contribution in [3.05, 3.63) is 57.7 Å². The van der Waals surface area contributed by atoms with Gasteiger partial charge in [-0.25, -0.2) is 9.99 Å². The van der Waals surface area contributed by atoms with Crippen LogP contribution in [0, 0.1) is 0 Å². The molecule has 2 amide bonds. The predicted molar refractivity (Wildman–Crippen MR) is 102 cm³/mol. The molecule has 0 unspecified atom stereocenters. The van der Waals surface area contributed by atoms with E-state index in [9.17, 15) is 9.59 Å². The number of rotatable bonds is 4. The molecule has 2 heterocycles. The van der Waals surface area contributed by atoms with Crippen molar-refractivity contribution in [3.8, 4) is 0 Å². The molecule has 0 bridgehead atoms. The average Bonchev–Trinajstić information content (AvgIpc) is 2.58. The number of hydrogen-bond acceptors (Lipinski definition) is 4. The quantitative estimate of drug-likeness (QED) is 0.867. The SMILES string of the molecule is CN1N=C(C(=O)Nc2ccc(Cc3cc(Cl)cc(Cl)c3)cn2)CCC1=O. The van der Waals surface area contributed by atoms with Crippen molar-refractivity contribution in [3.63, 3.8) is 0 Å². The molecule has 0 atom stereocenters. The molecule has 0 saturated carbocycles. The monoisotopic (exact) mass is 390 g/mol. The molecular weight excluding hydrogens is 375 g/mol. The number of hydrogen-bond donors (Lipinski definition) is 1. The highest BCUT2D eigenvalue weighted by molar-refractivity contribution is 6.43. The van der Waals surface area contributed by atoms with E-state index in [-0.39, 0.29) is 18.2 Å². The molecule has 6 nitrogen and oxygen atoms in total. The Morgan fingerprint density at radius 2 is 1.88 bits per heavy atom. The van der Waals surface area contributed by atoms with Gasteiger partial charge in [-0.05, 0) is 41.8 Å². The summed E-state index contributed by atoms with van der Waals surface area (Å²) in [5.41, 5.74) is 2.25. The number of hydrazone groups is 1. The lowest BCUT2D eigenvalue weighted by Crippen LogP contribution is -2.34. The number of aromatic nitrogens is 1. The first kappa shape index (κ1) is 18.4. The fourth-order valence-corrected chi connectivity index (χ4v) is 3.14. The Labute approximate surface area is 160 Å². The molecule has 1 N–H and O–H groups in total. The average molecular weight is 391 g/mol. The molecule has 26 heavy (non-hydrogen) atoms. The maximum absolute atomic E-state index is 12.2. The number of nitrogens with one attached hydrogen (secondary N) is 1. The van der Waals surface area contributed by atoms with Crippen LogP contribution in [0.2, 0.25) is 10.0 Å². The van der Waals surface area contributed by atoms with Gasteiger partial charge in [-0.15, -0.1) is 0 Å². The van der Waals surface area contributed by atoms with E-state index in [2.05, 4.69) is 15.4 Å². The highest BCUT2D eigenvalue weighted by Gasteiger charge is 2.22. The Hall–Kier alpha value is -2.44. The van der Waals surface area contributed by atoms with Crippen molar-refractivity contribution in [1.29, 1.82) is 0 Å². The van der Waals surface area contributed by atoms with Crippen molar-refractivity contribution < 1.29 is 9.59 Å². The molecule has 3 rings (SSSR count). The summed E-state index contributed by atoms with van der Waals surface area (Å²) in [5.74, 6) is -0.0403. The van der Waals surface area contributed by atoms with Crippen LogP contribution in [0.3, 0.4) is 0 Å². The molecule has 1 aromatic carbocycles. The number of halogens is 2. The van der Waals surface area contributed by atoms with Gasteiger partial charge in [0.25, 0.3) is 5.91 Å². The summed E-state index contributed by atoms with van der Waals surface area (Å²) in [6.45, 7) is 0. The molecule has 1 aliphatic rings. The van der Waals surface area contributed by atoms with Gasteiger partial charge in [-0.3, -0.25) is 9.59 Å². The molecule has 0 radical (unpaired) electrons. The second kappa shape index (κ2) is 7.85. The zero-order chi connectivity index (χ0) is 18.7. The number of benzene rings is 1. The summed E-state index contributed by atoms with van der Waals surface area (Å²) >= 11 is 12.0. The van der Waals surface area contributed by atoms with Crippen LogP contribution in [0.4, 0.5) is 5.82 Å². The van der Waals surface area contributed by atoms with Crippen molar-refractivity contribution in [2.45, 2.75) is 19.3 Å². The Balaban J connectivity index is 1.65. The van der Waals surface area contributed by atoms with E-state index < -0.39 is 0 Å². The van der Waals surface area contributed by atoms with Crippen LogP contribution >= 0.6 is 23.2 Å². The summed E-state index contributed by atoms with van der Waals surface area (Å²) in [5, 5.41) is 9.03. The lowest BCUT2D eigenvalue weighted by Gasteiger charge is -2.18. The van der Waals surface area contributed by atoms with E-state index in [4.69, 9.17) is 23.2 Å². The third kappa shape index (κ3) is 4.59. The topological polar surface area (TPSA) is 74.7 Å². The van der Waals surface area contributed by atoms with E-state index >= 15 is 0 Å². The lowest BCUT2D eigenvalue weighted by atomic mass is 10.1. The highest BCUT2D eigenvalue weighted by Crippen LogP contribution is 2.21. The molecule has 8 heteroatoms. The number of nitrogens with zero attached hydrogens (tertiary/aromatic N) is 3. The normalized spacial score (nSPS) is 14.2.